The second-order valence-corrected chi connectivity index (χ2v) is 4.38. The number of halogens is 1. The molecule has 0 atom stereocenters. The predicted molar refractivity (Wildman–Crippen MR) is 63.0 cm³/mol. The molecule has 7 heteroatoms. The SMILES string of the molecule is O=C(O)c1nn(-c2ccccc2F)c(=O)n1C1CC1. The summed E-state index contributed by atoms with van der Waals surface area (Å²) in [7, 11) is 0. The summed E-state index contributed by atoms with van der Waals surface area (Å²) in [5.74, 6) is -2.27. The molecule has 0 radical (unpaired) electrons. The van der Waals surface area contributed by atoms with Gasteiger partial charge in [0.05, 0.1) is 0 Å². The van der Waals surface area contributed by atoms with Crippen molar-refractivity contribution < 1.29 is 14.3 Å². The largest absolute Gasteiger partial charge is 0.475 e. The highest BCUT2D eigenvalue weighted by Crippen LogP contribution is 2.34. The Hall–Kier alpha value is -2.44. The van der Waals surface area contributed by atoms with Gasteiger partial charge in [0.25, 0.3) is 0 Å². The topological polar surface area (TPSA) is 77.1 Å². The zero-order valence-electron chi connectivity index (χ0n) is 9.78. The molecule has 1 fully saturated rings. The zero-order valence-corrected chi connectivity index (χ0v) is 9.78. The molecule has 2 aromatic rings. The zero-order chi connectivity index (χ0) is 13.6. The van der Waals surface area contributed by atoms with E-state index in [0.29, 0.717) is 0 Å². The van der Waals surface area contributed by atoms with Gasteiger partial charge in [0.1, 0.15) is 11.5 Å². The third kappa shape index (κ3) is 1.83. The number of para-hydroxylation sites is 1. The summed E-state index contributed by atoms with van der Waals surface area (Å²) < 4.78 is 15.6. The van der Waals surface area contributed by atoms with Crippen molar-refractivity contribution in [1.29, 1.82) is 0 Å². The first kappa shape index (κ1) is 11.6. The van der Waals surface area contributed by atoms with E-state index in [1.807, 2.05) is 0 Å². The summed E-state index contributed by atoms with van der Waals surface area (Å²) in [6, 6.07) is 5.48. The average Bonchev–Trinajstić information content (AvgIpc) is 3.14. The van der Waals surface area contributed by atoms with Crippen LogP contribution in [0.1, 0.15) is 29.5 Å². The number of rotatable bonds is 3. The molecule has 6 nitrogen and oxygen atoms in total. The Morgan fingerprint density at radius 2 is 2.05 bits per heavy atom. The van der Waals surface area contributed by atoms with Gasteiger partial charge in [0.2, 0.25) is 5.82 Å². The lowest BCUT2D eigenvalue weighted by molar-refractivity contribution is 0.0676. The molecule has 0 unspecified atom stereocenters. The molecule has 0 amide bonds. The van der Waals surface area contributed by atoms with Gasteiger partial charge in [-0.05, 0) is 25.0 Å². The molecule has 0 aliphatic heterocycles. The van der Waals surface area contributed by atoms with Crippen LogP contribution in [0, 0.1) is 5.82 Å². The highest BCUT2D eigenvalue weighted by Gasteiger charge is 2.32. The van der Waals surface area contributed by atoms with Crippen LogP contribution in [0.5, 0.6) is 0 Å². The van der Waals surface area contributed by atoms with Crippen molar-refractivity contribution in [3.05, 3.63) is 46.4 Å². The molecule has 1 N–H and O–H groups in total. The summed E-state index contributed by atoms with van der Waals surface area (Å²) in [4.78, 5) is 23.3. The van der Waals surface area contributed by atoms with E-state index in [4.69, 9.17) is 5.11 Å². The van der Waals surface area contributed by atoms with Crippen LogP contribution in [0.4, 0.5) is 4.39 Å². The smallest absolute Gasteiger partial charge is 0.374 e. The van der Waals surface area contributed by atoms with Crippen LogP contribution in [0.2, 0.25) is 0 Å². The normalized spacial score (nSPS) is 14.6. The van der Waals surface area contributed by atoms with Crippen LogP contribution < -0.4 is 5.69 Å². The standard InChI is InChI=1S/C12H10FN3O3/c13-8-3-1-2-4-9(8)16-12(19)15(7-5-6-7)10(14-16)11(17)18/h1-4,7H,5-6H2,(H,17,18). The second kappa shape index (κ2) is 4.04. The molecule has 1 aromatic heterocycles. The van der Waals surface area contributed by atoms with Crippen molar-refractivity contribution in [3.63, 3.8) is 0 Å². The van der Waals surface area contributed by atoms with Crippen LogP contribution in [-0.4, -0.2) is 25.4 Å². The fourth-order valence-electron chi connectivity index (χ4n) is 1.97. The first-order valence-electron chi connectivity index (χ1n) is 5.79. The number of benzene rings is 1. The maximum atomic E-state index is 13.7. The Morgan fingerprint density at radius 3 is 2.63 bits per heavy atom. The summed E-state index contributed by atoms with van der Waals surface area (Å²) in [6.45, 7) is 0. The lowest BCUT2D eigenvalue weighted by Gasteiger charge is -2.00. The monoisotopic (exact) mass is 263 g/mol. The Kier molecular flexibility index (Phi) is 2.48. The maximum Gasteiger partial charge on any atom is 0.374 e. The van der Waals surface area contributed by atoms with Gasteiger partial charge in [-0.15, -0.1) is 5.10 Å². The van der Waals surface area contributed by atoms with Crippen LogP contribution >= 0.6 is 0 Å². The summed E-state index contributed by atoms with van der Waals surface area (Å²) in [5.41, 5.74) is -0.667. The number of hydrogen-bond donors (Lipinski definition) is 1. The number of nitrogens with zero attached hydrogens (tertiary/aromatic N) is 3. The Bertz CT molecular complexity index is 715. The van der Waals surface area contributed by atoms with Gasteiger partial charge in [0.15, 0.2) is 0 Å². The number of carboxylic acids is 1. The van der Waals surface area contributed by atoms with Crippen LogP contribution in [-0.2, 0) is 0 Å². The maximum absolute atomic E-state index is 13.7. The molecular formula is C12H10FN3O3. The van der Waals surface area contributed by atoms with E-state index in [1.165, 1.54) is 18.2 Å². The second-order valence-electron chi connectivity index (χ2n) is 4.38. The third-order valence-electron chi connectivity index (χ3n) is 2.99. The van der Waals surface area contributed by atoms with Gasteiger partial charge in [0, 0.05) is 6.04 Å². The van der Waals surface area contributed by atoms with Crippen molar-refractivity contribution in [3.8, 4) is 5.69 Å². The highest BCUT2D eigenvalue weighted by molar-refractivity contribution is 5.83. The Labute approximate surface area is 106 Å². The number of aromatic nitrogens is 3. The van der Waals surface area contributed by atoms with Crippen molar-refractivity contribution >= 4 is 5.97 Å². The molecule has 98 valence electrons. The van der Waals surface area contributed by atoms with E-state index < -0.39 is 17.5 Å². The molecule has 0 spiro atoms. The van der Waals surface area contributed by atoms with Gasteiger partial charge in [-0.1, -0.05) is 12.1 Å². The molecule has 1 aromatic carbocycles. The first-order chi connectivity index (χ1) is 9.09. The van der Waals surface area contributed by atoms with Gasteiger partial charge in [-0.25, -0.2) is 14.0 Å². The van der Waals surface area contributed by atoms with E-state index in [-0.39, 0.29) is 17.6 Å². The molecule has 1 saturated carbocycles. The molecule has 19 heavy (non-hydrogen) atoms. The Morgan fingerprint density at radius 1 is 1.37 bits per heavy atom. The number of carboxylic acid groups (broad SMARTS) is 1. The van der Waals surface area contributed by atoms with Crippen molar-refractivity contribution in [2.75, 3.05) is 0 Å². The lowest BCUT2D eigenvalue weighted by Crippen LogP contribution is -2.25. The average molecular weight is 263 g/mol. The summed E-state index contributed by atoms with van der Waals surface area (Å²) in [6.07, 6.45) is 1.48. The van der Waals surface area contributed by atoms with E-state index in [2.05, 4.69) is 5.10 Å². The van der Waals surface area contributed by atoms with Crippen LogP contribution in [0.3, 0.4) is 0 Å². The molecular weight excluding hydrogens is 253 g/mol. The van der Waals surface area contributed by atoms with E-state index in [0.717, 1.165) is 22.1 Å². The van der Waals surface area contributed by atoms with Crippen LogP contribution in [0.15, 0.2) is 29.1 Å². The summed E-state index contributed by atoms with van der Waals surface area (Å²) >= 11 is 0. The number of aromatic carboxylic acids is 1. The molecule has 3 rings (SSSR count). The lowest BCUT2D eigenvalue weighted by atomic mass is 10.3. The molecule has 1 heterocycles. The minimum atomic E-state index is -1.29. The predicted octanol–water partition coefficient (Wildman–Crippen LogP) is 1.21. The van der Waals surface area contributed by atoms with Crippen molar-refractivity contribution in [1.82, 2.24) is 14.3 Å². The molecule has 1 aliphatic rings. The van der Waals surface area contributed by atoms with E-state index in [1.54, 1.807) is 6.07 Å². The first-order valence-corrected chi connectivity index (χ1v) is 5.79. The number of hydrogen-bond acceptors (Lipinski definition) is 3. The van der Waals surface area contributed by atoms with Gasteiger partial charge in [-0.3, -0.25) is 4.57 Å². The Balaban J connectivity index is 2.24. The fourth-order valence-corrected chi connectivity index (χ4v) is 1.97. The summed E-state index contributed by atoms with van der Waals surface area (Å²) in [5, 5.41) is 12.8. The van der Waals surface area contributed by atoms with Crippen molar-refractivity contribution in [2.24, 2.45) is 0 Å². The van der Waals surface area contributed by atoms with Crippen LogP contribution in [0.25, 0.3) is 5.69 Å². The molecule has 0 bridgehead atoms. The fraction of sp³-hybridized carbons (Fsp3) is 0.250. The molecule has 0 saturated heterocycles. The van der Waals surface area contributed by atoms with E-state index >= 15 is 0 Å². The van der Waals surface area contributed by atoms with Gasteiger partial charge >= 0.3 is 11.7 Å². The quantitative estimate of drug-likeness (QED) is 0.902. The third-order valence-corrected chi connectivity index (χ3v) is 2.99. The minimum Gasteiger partial charge on any atom is -0.475 e. The highest BCUT2D eigenvalue weighted by atomic mass is 19.1. The molecule has 1 aliphatic carbocycles. The minimum absolute atomic E-state index is 0.0469. The van der Waals surface area contributed by atoms with Gasteiger partial charge < -0.3 is 5.11 Å². The number of carbonyl (C=O) groups is 1. The van der Waals surface area contributed by atoms with Crippen molar-refractivity contribution in [2.45, 2.75) is 18.9 Å². The van der Waals surface area contributed by atoms with Gasteiger partial charge in [-0.2, -0.15) is 4.68 Å². The van der Waals surface area contributed by atoms with E-state index in [9.17, 15) is 14.0 Å².